The zero-order valence-electron chi connectivity index (χ0n) is 16.8. The van der Waals surface area contributed by atoms with Crippen LogP contribution in [0.5, 0.6) is 0 Å². The number of anilines is 1. The van der Waals surface area contributed by atoms with Crippen LogP contribution < -0.4 is 4.90 Å². The maximum Gasteiger partial charge on any atom is 0.416 e. The van der Waals surface area contributed by atoms with Crippen LogP contribution >= 0.6 is 0 Å². The normalized spacial score (nSPS) is 16.1. The molecule has 10 heteroatoms. The Labute approximate surface area is 178 Å². The summed E-state index contributed by atoms with van der Waals surface area (Å²) in [5.74, 6) is 1.45. The van der Waals surface area contributed by atoms with Gasteiger partial charge in [-0.25, -0.2) is 18.4 Å². The standard InChI is InChI=1S/C21H21F3N4O2S/c1-2-19-25-18-9-4-3-8-17(18)20(26-19)27-10-12-28(13-11-27)31(29,30)16-7-5-6-15(14-16)21(22,23)24/h3-9,14H,2,10-13H2,1H3. The van der Waals surface area contributed by atoms with Gasteiger partial charge in [0.1, 0.15) is 11.6 Å². The van der Waals surface area contributed by atoms with Crippen molar-refractivity contribution in [3.05, 3.63) is 59.9 Å². The lowest BCUT2D eigenvalue weighted by Gasteiger charge is -2.35. The number of nitrogens with zero attached hydrogens (tertiary/aromatic N) is 4. The van der Waals surface area contributed by atoms with Crippen LogP contribution in [0.2, 0.25) is 0 Å². The van der Waals surface area contributed by atoms with Gasteiger partial charge >= 0.3 is 6.18 Å². The molecule has 0 unspecified atom stereocenters. The summed E-state index contributed by atoms with van der Waals surface area (Å²) in [6, 6.07) is 11.5. The van der Waals surface area contributed by atoms with Crippen molar-refractivity contribution in [1.82, 2.24) is 14.3 Å². The van der Waals surface area contributed by atoms with Crippen LogP contribution in [-0.4, -0.2) is 48.9 Å². The average molecular weight is 450 g/mol. The fraction of sp³-hybridized carbons (Fsp3) is 0.333. The van der Waals surface area contributed by atoms with Gasteiger partial charge in [-0.15, -0.1) is 0 Å². The van der Waals surface area contributed by atoms with E-state index in [0.29, 0.717) is 31.4 Å². The molecule has 0 spiro atoms. The molecule has 2 heterocycles. The molecule has 0 amide bonds. The predicted molar refractivity (Wildman–Crippen MR) is 111 cm³/mol. The van der Waals surface area contributed by atoms with Gasteiger partial charge < -0.3 is 4.90 Å². The zero-order chi connectivity index (χ0) is 22.2. The Balaban J connectivity index is 1.58. The molecule has 0 atom stereocenters. The lowest BCUT2D eigenvalue weighted by molar-refractivity contribution is -0.137. The first-order valence-corrected chi connectivity index (χ1v) is 11.3. The number of fused-ring (bicyclic) bond motifs is 1. The molecule has 0 saturated carbocycles. The second-order valence-electron chi connectivity index (χ2n) is 7.25. The summed E-state index contributed by atoms with van der Waals surface area (Å²) in [4.78, 5) is 10.8. The van der Waals surface area contributed by atoms with Crippen molar-refractivity contribution in [3.8, 4) is 0 Å². The minimum Gasteiger partial charge on any atom is -0.353 e. The van der Waals surface area contributed by atoms with Crippen LogP contribution in [0.25, 0.3) is 10.9 Å². The van der Waals surface area contributed by atoms with Gasteiger partial charge in [-0.2, -0.15) is 17.5 Å². The summed E-state index contributed by atoms with van der Waals surface area (Å²) < 4.78 is 66.1. The Morgan fingerprint density at radius 3 is 2.35 bits per heavy atom. The minimum atomic E-state index is -4.60. The molecule has 0 N–H and O–H groups in total. The van der Waals surface area contributed by atoms with E-state index in [4.69, 9.17) is 0 Å². The van der Waals surface area contributed by atoms with E-state index in [9.17, 15) is 21.6 Å². The van der Waals surface area contributed by atoms with Gasteiger partial charge in [0.15, 0.2) is 0 Å². The summed E-state index contributed by atoms with van der Waals surface area (Å²) in [7, 11) is -4.03. The molecular weight excluding hydrogens is 429 g/mol. The van der Waals surface area contributed by atoms with Crippen LogP contribution in [0.3, 0.4) is 0 Å². The third kappa shape index (κ3) is 4.22. The summed E-state index contributed by atoms with van der Waals surface area (Å²) >= 11 is 0. The van der Waals surface area contributed by atoms with Crippen LogP contribution in [0.1, 0.15) is 18.3 Å². The molecule has 1 aliphatic heterocycles. The number of hydrogen-bond acceptors (Lipinski definition) is 5. The van der Waals surface area contributed by atoms with Gasteiger partial charge in [0.2, 0.25) is 10.0 Å². The average Bonchev–Trinajstić information content (AvgIpc) is 2.78. The highest BCUT2D eigenvalue weighted by atomic mass is 32.2. The molecule has 0 bridgehead atoms. The van der Waals surface area contributed by atoms with Gasteiger partial charge in [0, 0.05) is 38.0 Å². The number of rotatable bonds is 4. The Hall–Kier alpha value is -2.72. The summed E-state index contributed by atoms with van der Waals surface area (Å²) in [6.45, 7) is 3.02. The lowest BCUT2D eigenvalue weighted by atomic mass is 10.2. The summed E-state index contributed by atoms with van der Waals surface area (Å²) in [6.07, 6.45) is -3.93. The molecule has 164 valence electrons. The van der Waals surface area contributed by atoms with Crippen LogP contribution in [0.15, 0.2) is 53.4 Å². The van der Waals surface area contributed by atoms with Crippen molar-refractivity contribution in [1.29, 1.82) is 0 Å². The fourth-order valence-corrected chi connectivity index (χ4v) is 5.10. The van der Waals surface area contributed by atoms with Gasteiger partial charge in [-0.3, -0.25) is 0 Å². The van der Waals surface area contributed by atoms with Crippen molar-refractivity contribution in [3.63, 3.8) is 0 Å². The predicted octanol–water partition coefficient (Wildman–Crippen LogP) is 3.72. The molecule has 1 saturated heterocycles. The third-order valence-electron chi connectivity index (χ3n) is 5.28. The molecule has 0 aliphatic carbocycles. The number of benzene rings is 2. The van der Waals surface area contributed by atoms with E-state index in [-0.39, 0.29) is 18.0 Å². The molecule has 31 heavy (non-hydrogen) atoms. The second-order valence-corrected chi connectivity index (χ2v) is 9.19. The van der Waals surface area contributed by atoms with Crippen molar-refractivity contribution in [2.75, 3.05) is 31.1 Å². The molecular formula is C21H21F3N4O2S. The number of piperazine rings is 1. The first kappa shape index (κ1) is 21.5. The second kappa shape index (κ2) is 8.08. The van der Waals surface area contributed by atoms with Gasteiger partial charge in [0.05, 0.1) is 16.0 Å². The van der Waals surface area contributed by atoms with Gasteiger partial charge in [-0.1, -0.05) is 25.1 Å². The third-order valence-corrected chi connectivity index (χ3v) is 7.18. The first-order chi connectivity index (χ1) is 14.7. The number of alkyl halides is 3. The number of aromatic nitrogens is 2. The highest BCUT2D eigenvalue weighted by Crippen LogP contribution is 2.32. The Morgan fingerprint density at radius 1 is 0.968 bits per heavy atom. The Bertz CT molecular complexity index is 1210. The maximum atomic E-state index is 13.0. The SMILES string of the molecule is CCc1nc(N2CCN(S(=O)(=O)c3cccc(C(F)(F)F)c3)CC2)c2ccccc2n1. The van der Waals surface area contributed by atoms with Crippen LogP contribution in [0.4, 0.5) is 19.0 Å². The van der Waals surface area contributed by atoms with Crippen molar-refractivity contribution >= 4 is 26.7 Å². The minimum absolute atomic E-state index is 0.151. The molecule has 1 aliphatic rings. The van der Waals surface area contributed by atoms with E-state index in [0.717, 1.165) is 28.9 Å². The van der Waals surface area contributed by atoms with E-state index in [2.05, 4.69) is 9.97 Å². The molecule has 3 aromatic rings. The van der Waals surface area contributed by atoms with Crippen molar-refractivity contribution < 1.29 is 21.6 Å². The summed E-state index contributed by atoms with van der Waals surface area (Å²) in [5, 5.41) is 0.883. The smallest absolute Gasteiger partial charge is 0.353 e. The lowest BCUT2D eigenvalue weighted by Crippen LogP contribution is -2.49. The van der Waals surface area contributed by atoms with E-state index in [1.165, 1.54) is 10.4 Å². The number of halogens is 3. The van der Waals surface area contributed by atoms with E-state index >= 15 is 0 Å². The fourth-order valence-electron chi connectivity index (χ4n) is 3.63. The molecule has 2 aromatic carbocycles. The van der Waals surface area contributed by atoms with E-state index in [1.54, 1.807) is 0 Å². The molecule has 4 rings (SSSR count). The van der Waals surface area contributed by atoms with Crippen LogP contribution in [-0.2, 0) is 22.6 Å². The topological polar surface area (TPSA) is 66.4 Å². The largest absolute Gasteiger partial charge is 0.416 e. The number of hydrogen-bond donors (Lipinski definition) is 0. The van der Waals surface area contributed by atoms with Crippen molar-refractivity contribution in [2.24, 2.45) is 0 Å². The molecule has 0 radical (unpaired) electrons. The van der Waals surface area contributed by atoms with Gasteiger partial charge in [0.25, 0.3) is 0 Å². The van der Waals surface area contributed by atoms with E-state index in [1.807, 2.05) is 36.1 Å². The molecule has 1 fully saturated rings. The van der Waals surface area contributed by atoms with Crippen LogP contribution in [0, 0.1) is 0 Å². The molecule has 6 nitrogen and oxygen atoms in total. The highest BCUT2D eigenvalue weighted by Gasteiger charge is 2.34. The first-order valence-electron chi connectivity index (χ1n) is 9.88. The zero-order valence-corrected chi connectivity index (χ0v) is 17.6. The number of aryl methyl sites for hydroxylation is 1. The van der Waals surface area contributed by atoms with E-state index < -0.39 is 21.8 Å². The highest BCUT2D eigenvalue weighted by molar-refractivity contribution is 7.89. The number of para-hydroxylation sites is 1. The Kier molecular flexibility index (Phi) is 5.61. The summed E-state index contributed by atoms with van der Waals surface area (Å²) in [5.41, 5.74) is -0.157. The maximum absolute atomic E-state index is 13.0. The molecule has 1 aromatic heterocycles. The van der Waals surface area contributed by atoms with Crippen molar-refractivity contribution in [2.45, 2.75) is 24.4 Å². The monoisotopic (exact) mass is 450 g/mol. The van der Waals surface area contributed by atoms with Gasteiger partial charge in [-0.05, 0) is 30.3 Å². The Morgan fingerprint density at radius 2 is 1.68 bits per heavy atom. The quantitative estimate of drug-likeness (QED) is 0.606. The number of sulfonamides is 1.